The molecule has 0 spiro atoms. The predicted molar refractivity (Wildman–Crippen MR) is 77.0 cm³/mol. The first-order chi connectivity index (χ1) is 8.54. The second kappa shape index (κ2) is 6.28. The van der Waals surface area contributed by atoms with Gasteiger partial charge in [0.05, 0.1) is 11.4 Å². The van der Waals surface area contributed by atoms with E-state index in [9.17, 15) is 4.79 Å². The lowest BCUT2D eigenvalue weighted by atomic mass is 10.1. The molecule has 1 unspecified atom stereocenters. The molecular weight excluding hydrogens is 226 g/mol. The van der Waals surface area contributed by atoms with Crippen molar-refractivity contribution in [1.82, 2.24) is 5.32 Å². The fourth-order valence-electron chi connectivity index (χ4n) is 2.04. The standard InChI is InChI=1S/C14H23N3O/c1-5-10(3)17(6-2)13-8-7-11(9-12(13)15)14(18)16-4/h7-10H,5-6,15H2,1-4H3,(H,16,18). The molecule has 0 saturated heterocycles. The van der Waals surface area contributed by atoms with Gasteiger partial charge in [-0.3, -0.25) is 4.79 Å². The van der Waals surface area contributed by atoms with E-state index in [0.29, 0.717) is 17.3 Å². The Kier molecular flexibility index (Phi) is 5.01. The first-order valence-electron chi connectivity index (χ1n) is 6.43. The zero-order chi connectivity index (χ0) is 13.7. The molecule has 1 aromatic rings. The van der Waals surface area contributed by atoms with Crippen molar-refractivity contribution in [2.75, 3.05) is 24.2 Å². The van der Waals surface area contributed by atoms with Gasteiger partial charge in [-0.1, -0.05) is 6.92 Å². The maximum absolute atomic E-state index is 11.5. The molecule has 4 nitrogen and oxygen atoms in total. The Bertz CT molecular complexity index is 418. The topological polar surface area (TPSA) is 58.4 Å². The Morgan fingerprint density at radius 2 is 2.11 bits per heavy atom. The number of nitrogens with two attached hydrogens (primary N) is 1. The van der Waals surface area contributed by atoms with Crippen molar-refractivity contribution in [3.05, 3.63) is 23.8 Å². The molecule has 0 heterocycles. The molecule has 0 aliphatic carbocycles. The lowest BCUT2D eigenvalue weighted by Gasteiger charge is -2.30. The Labute approximate surface area is 109 Å². The van der Waals surface area contributed by atoms with Crippen LogP contribution < -0.4 is 16.0 Å². The number of anilines is 2. The van der Waals surface area contributed by atoms with Crippen LogP contribution >= 0.6 is 0 Å². The first kappa shape index (κ1) is 14.4. The molecule has 4 heteroatoms. The number of nitrogens with one attached hydrogen (secondary N) is 1. The summed E-state index contributed by atoms with van der Waals surface area (Å²) >= 11 is 0. The van der Waals surface area contributed by atoms with E-state index < -0.39 is 0 Å². The molecule has 0 aliphatic heterocycles. The van der Waals surface area contributed by atoms with Crippen LogP contribution in [0.5, 0.6) is 0 Å². The Hall–Kier alpha value is -1.71. The highest BCUT2D eigenvalue weighted by Gasteiger charge is 2.15. The summed E-state index contributed by atoms with van der Waals surface area (Å²) in [6, 6.07) is 5.91. The average molecular weight is 249 g/mol. The first-order valence-corrected chi connectivity index (χ1v) is 6.43. The van der Waals surface area contributed by atoms with Gasteiger partial charge in [0.1, 0.15) is 0 Å². The van der Waals surface area contributed by atoms with E-state index in [0.717, 1.165) is 18.7 Å². The summed E-state index contributed by atoms with van der Waals surface area (Å²) in [6.45, 7) is 7.34. The normalized spacial score (nSPS) is 12.0. The van der Waals surface area contributed by atoms with Crippen molar-refractivity contribution in [3.63, 3.8) is 0 Å². The summed E-state index contributed by atoms with van der Waals surface area (Å²) < 4.78 is 0. The second-order valence-electron chi connectivity index (χ2n) is 4.40. The van der Waals surface area contributed by atoms with Crippen molar-refractivity contribution in [2.24, 2.45) is 0 Å². The minimum atomic E-state index is -0.111. The van der Waals surface area contributed by atoms with Crippen LogP contribution in [0.1, 0.15) is 37.6 Å². The Morgan fingerprint density at radius 1 is 1.44 bits per heavy atom. The summed E-state index contributed by atoms with van der Waals surface area (Å²) in [6.07, 6.45) is 1.06. The van der Waals surface area contributed by atoms with Crippen LogP contribution in [0.15, 0.2) is 18.2 Å². The lowest BCUT2D eigenvalue weighted by molar-refractivity contribution is 0.0963. The molecule has 18 heavy (non-hydrogen) atoms. The molecule has 1 aromatic carbocycles. The number of rotatable bonds is 5. The highest BCUT2D eigenvalue weighted by molar-refractivity contribution is 5.96. The van der Waals surface area contributed by atoms with Gasteiger partial charge in [-0.05, 0) is 38.5 Å². The maximum Gasteiger partial charge on any atom is 0.251 e. The van der Waals surface area contributed by atoms with Crippen LogP contribution in [0, 0.1) is 0 Å². The van der Waals surface area contributed by atoms with E-state index in [1.165, 1.54) is 0 Å². The molecule has 0 aliphatic rings. The van der Waals surface area contributed by atoms with Gasteiger partial charge >= 0.3 is 0 Å². The van der Waals surface area contributed by atoms with Crippen molar-refractivity contribution in [1.29, 1.82) is 0 Å². The number of nitrogens with zero attached hydrogens (tertiary/aromatic N) is 1. The lowest BCUT2D eigenvalue weighted by Crippen LogP contribution is -2.33. The monoisotopic (exact) mass is 249 g/mol. The van der Waals surface area contributed by atoms with Crippen LogP contribution in [0.3, 0.4) is 0 Å². The summed E-state index contributed by atoms with van der Waals surface area (Å²) in [5, 5.41) is 2.60. The number of carbonyl (C=O) groups excluding carboxylic acids is 1. The number of amides is 1. The summed E-state index contributed by atoms with van der Waals surface area (Å²) in [5.41, 5.74) is 8.31. The molecule has 3 N–H and O–H groups in total. The van der Waals surface area contributed by atoms with Crippen molar-refractivity contribution in [3.8, 4) is 0 Å². The molecule has 100 valence electrons. The zero-order valence-electron chi connectivity index (χ0n) is 11.7. The van der Waals surface area contributed by atoms with E-state index in [2.05, 4.69) is 31.0 Å². The van der Waals surface area contributed by atoms with Crippen molar-refractivity contribution >= 4 is 17.3 Å². The molecule has 1 amide bonds. The van der Waals surface area contributed by atoms with Crippen molar-refractivity contribution < 1.29 is 4.79 Å². The highest BCUT2D eigenvalue weighted by Crippen LogP contribution is 2.26. The zero-order valence-corrected chi connectivity index (χ0v) is 11.7. The van der Waals surface area contributed by atoms with E-state index in [1.807, 2.05) is 12.1 Å². The Morgan fingerprint density at radius 3 is 2.56 bits per heavy atom. The third-order valence-corrected chi connectivity index (χ3v) is 3.29. The number of hydrogen-bond donors (Lipinski definition) is 2. The van der Waals surface area contributed by atoms with E-state index in [4.69, 9.17) is 5.73 Å². The van der Waals surface area contributed by atoms with Crippen LogP contribution in [0.2, 0.25) is 0 Å². The summed E-state index contributed by atoms with van der Waals surface area (Å²) in [4.78, 5) is 13.8. The summed E-state index contributed by atoms with van der Waals surface area (Å²) in [7, 11) is 1.62. The molecule has 0 aromatic heterocycles. The largest absolute Gasteiger partial charge is 0.397 e. The van der Waals surface area contributed by atoms with Gasteiger partial charge in [0.2, 0.25) is 0 Å². The van der Waals surface area contributed by atoms with Crippen molar-refractivity contribution in [2.45, 2.75) is 33.2 Å². The van der Waals surface area contributed by atoms with Gasteiger partial charge in [0.15, 0.2) is 0 Å². The molecule has 0 radical (unpaired) electrons. The number of benzene rings is 1. The van der Waals surface area contributed by atoms with E-state index >= 15 is 0 Å². The maximum atomic E-state index is 11.5. The molecule has 0 fully saturated rings. The van der Waals surface area contributed by atoms with Crippen LogP contribution in [0.25, 0.3) is 0 Å². The molecule has 0 bridgehead atoms. The van der Waals surface area contributed by atoms with Crippen LogP contribution in [-0.2, 0) is 0 Å². The van der Waals surface area contributed by atoms with Gasteiger partial charge in [0.25, 0.3) is 5.91 Å². The Balaban J connectivity index is 3.07. The molecule has 1 atom stereocenters. The quantitative estimate of drug-likeness (QED) is 0.787. The minimum absolute atomic E-state index is 0.111. The third-order valence-electron chi connectivity index (χ3n) is 3.29. The third kappa shape index (κ3) is 2.94. The molecule has 0 saturated carbocycles. The summed E-state index contributed by atoms with van der Waals surface area (Å²) in [5.74, 6) is -0.111. The molecular formula is C14H23N3O. The fraction of sp³-hybridized carbons (Fsp3) is 0.500. The van der Waals surface area contributed by atoms with Gasteiger partial charge < -0.3 is 16.0 Å². The van der Waals surface area contributed by atoms with Gasteiger partial charge in [0, 0.05) is 25.2 Å². The number of carbonyl (C=O) groups is 1. The SMILES string of the molecule is CCC(C)N(CC)c1ccc(C(=O)NC)cc1N. The fourth-order valence-corrected chi connectivity index (χ4v) is 2.04. The molecule has 1 rings (SSSR count). The predicted octanol–water partition coefficient (Wildman–Crippen LogP) is 2.25. The van der Waals surface area contributed by atoms with Crippen LogP contribution in [0.4, 0.5) is 11.4 Å². The minimum Gasteiger partial charge on any atom is -0.397 e. The van der Waals surface area contributed by atoms with Gasteiger partial charge in [-0.25, -0.2) is 0 Å². The number of hydrogen-bond acceptors (Lipinski definition) is 3. The number of nitrogen functional groups attached to an aromatic ring is 1. The van der Waals surface area contributed by atoms with Gasteiger partial charge in [-0.15, -0.1) is 0 Å². The smallest absolute Gasteiger partial charge is 0.251 e. The van der Waals surface area contributed by atoms with Crippen LogP contribution in [-0.4, -0.2) is 25.5 Å². The van der Waals surface area contributed by atoms with Gasteiger partial charge in [-0.2, -0.15) is 0 Å². The van der Waals surface area contributed by atoms with E-state index in [1.54, 1.807) is 13.1 Å². The average Bonchev–Trinajstić information content (AvgIpc) is 2.39. The highest BCUT2D eigenvalue weighted by atomic mass is 16.1. The second-order valence-corrected chi connectivity index (χ2v) is 4.40. The van der Waals surface area contributed by atoms with E-state index in [-0.39, 0.29) is 5.91 Å².